The first-order chi connectivity index (χ1) is 10.6. The van der Waals surface area contributed by atoms with Gasteiger partial charge in [0, 0.05) is 38.6 Å². The topological polar surface area (TPSA) is 109 Å². The highest BCUT2D eigenvalue weighted by Crippen LogP contribution is 2.14. The highest BCUT2D eigenvalue weighted by molar-refractivity contribution is 5.91. The number of hydrogen-bond donors (Lipinski definition) is 3. The molecule has 0 radical (unpaired) electrons. The van der Waals surface area contributed by atoms with Crippen LogP contribution in [-0.2, 0) is 6.54 Å². The summed E-state index contributed by atoms with van der Waals surface area (Å²) in [5, 5.41) is 15.9. The Hall–Kier alpha value is -2.32. The smallest absolute Gasteiger partial charge is 0.341 e. The molecule has 1 fully saturated rings. The molecule has 3 heterocycles. The number of pyridine rings is 1. The second kappa shape index (κ2) is 5.82. The summed E-state index contributed by atoms with van der Waals surface area (Å²) >= 11 is 0. The van der Waals surface area contributed by atoms with Crippen molar-refractivity contribution in [3.63, 3.8) is 0 Å². The Morgan fingerprint density at radius 2 is 2.32 bits per heavy atom. The molecular weight excluding hydrogens is 286 g/mol. The molecule has 0 spiro atoms. The van der Waals surface area contributed by atoms with Crippen molar-refractivity contribution in [1.29, 1.82) is 0 Å². The molecule has 2 aromatic rings. The number of aromatic nitrogens is 3. The number of hydrogen-bond acceptors (Lipinski definition) is 6. The number of aryl methyl sites for hydroxylation is 1. The van der Waals surface area contributed by atoms with Crippen molar-refractivity contribution >= 4 is 17.0 Å². The van der Waals surface area contributed by atoms with Crippen LogP contribution in [0.4, 0.5) is 0 Å². The van der Waals surface area contributed by atoms with Gasteiger partial charge in [0.25, 0.3) is 0 Å². The standard InChI is InChI=1S/C14H17N5O3/c1-2-19-7-9(14(21)22)11(20)8-5-17-12(18-13(8)19)10-6-15-3-4-16-10/h5,7,10,15-16H,2-4,6H2,1H3,(H,21,22). The van der Waals surface area contributed by atoms with Gasteiger partial charge in [-0.1, -0.05) is 0 Å². The summed E-state index contributed by atoms with van der Waals surface area (Å²) in [5.74, 6) is -0.638. The Bertz CT molecular complexity index is 780. The Morgan fingerprint density at radius 1 is 1.50 bits per heavy atom. The van der Waals surface area contributed by atoms with Crippen LogP contribution in [0.2, 0.25) is 0 Å². The van der Waals surface area contributed by atoms with Crippen molar-refractivity contribution in [1.82, 2.24) is 25.2 Å². The molecule has 22 heavy (non-hydrogen) atoms. The fraction of sp³-hybridized carbons (Fsp3) is 0.429. The van der Waals surface area contributed by atoms with Crippen LogP contribution in [0.3, 0.4) is 0 Å². The van der Waals surface area contributed by atoms with Gasteiger partial charge in [-0.2, -0.15) is 0 Å². The fourth-order valence-corrected chi connectivity index (χ4v) is 2.58. The molecule has 3 N–H and O–H groups in total. The Kier molecular flexibility index (Phi) is 3.86. The maximum atomic E-state index is 12.2. The number of nitrogens with one attached hydrogen (secondary N) is 2. The van der Waals surface area contributed by atoms with Gasteiger partial charge in [-0.15, -0.1) is 0 Å². The number of carbonyl (C=O) groups is 1. The summed E-state index contributed by atoms with van der Waals surface area (Å²) in [6.07, 6.45) is 2.77. The average Bonchev–Trinajstić information content (AvgIpc) is 2.55. The highest BCUT2D eigenvalue weighted by atomic mass is 16.4. The van der Waals surface area contributed by atoms with Crippen LogP contribution in [0, 0.1) is 0 Å². The molecule has 1 saturated heterocycles. The molecule has 1 aliphatic rings. The van der Waals surface area contributed by atoms with E-state index in [4.69, 9.17) is 5.11 Å². The minimum absolute atomic E-state index is 0.0160. The lowest BCUT2D eigenvalue weighted by Crippen LogP contribution is -2.43. The van der Waals surface area contributed by atoms with Crippen LogP contribution in [0.1, 0.15) is 29.1 Å². The first-order valence-electron chi connectivity index (χ1n) is 7.19. The molecular formula is C14H17N5O3. The normalized spacial score (nSPS) is 18.5. The minimum Gasteiger partial charge on any atom is -0.477 e. The molecule has 1 atom stereocenters. The molecule has 0 aromatic carbocycles. The molecule has 0 aliphatic carbocycles. The van der Waals surface area contributed by atoms with Gasteiger partial charge < -0.3 is 20.3 Å². The zero-order valence-corrected chi connectivity index (χ0v) is 12.2. The quantitative estimate of drug-likeness (QED) is 0.717. The zero-order chi connectivity index (χ0) is 15.7. The predicted molar refractivity (Wildman–Crippen MR) is 80.0 cm³/mol. The number of piperazine rings is 1. The molecule has 2 aromatic heterocycles. The van der Waals surface area contributed by atoms with E-state index in [0.29, 0.717) is 18.0 Å². The fourth-order valence-electron chi connectivity index (χ4n) is 2.58. The van der Waals surface area contributed by atoms with E-state index in [1.807, 2.05) is 6.92 Å². The van der Waals surface area contributed by atoms with Gasteiger partial charge >= 0.3 is 5.97 Å². The van der Waals surface area contributed by atoms with E-state index in [2.05, 4.69) is 20.6 Å². The Balaban J connectivity index is 2.17. The second-order valence-corrected chi connectivity index (χ2v) is 5.14. The lowest BCUT2D eigenvalue weighted by Gasteiger charge is -2.23. The lowest BCUT2D eigenvalue weighted by atomic mass is 10.2. The average molecular weight is 303 g/mol. The molecule has 116 valence electrons. The maximum absolute atomic E-state index is 12.2. The van der Waals surface area contributed by atoms with Crippen LogP contribution >= 0.6 is 0 Å². The Labute approximate surface area is 126 Å². The van der Waals surface area contributed by atoms with E-state index in [-0.39, 0.29) is 17.0 Å². The molecule has 3 rings (SSSR count). The zero-order valence-electron chi connectivity index (χ0n) is 12.2. The van der Waals surface area contributed by atoms with Gasteiger partial charge in [0.05, 0.1) is 11.4 Å². The van der Waals surface area contributed by atoms with E-state index in [1.54, 1.807) is 4.57 Å². The first-order valence-corrected chi connectivity index (χ1v) is 7.19. The SMILES string of the molecule is CCn1cc(C(=O)O)c(=O)c2cnc(C3CNCCN3)nc21. The van der Waals surface area contributed by atoms with Crippen molar-refractivity contribution in [3.8, 4) is 0 Å². The van der Waals surface area contributed by atoms with E-state index < -0.39 is 11.4 Å². The van der Waals surface area contributed by atoms with Crippen molar-refractivity contribution < 1.29 is 9.90 Å². The van der Waals surface area contributed by atoms with Crippen LogP contribution in [0.15, 0.2) is 17.2 Å². The molecule has 1 aliphatic heterocycles. The van der Waals surface area contributed by atoms with Gasteiger partial charge in [-0.3, -0.25) is 4.79 Å². The summed E-state index contributed by atoms with van der Waals surface area (Å²) in [6, 6.07) is -0.0160. The summed E-state index contributed by atoms with van der Waals surface area (Å²) in [6.45, 7) is 4.83. The number of nitrogens with zero attached hydrogens (tertiary/aromatic N) is 3. The number of fused-ring (bicyclic) bond motifs is 1. The monoisotopic (exact) mass is 303 g/mol. The van der Waals surface area contributed by atoms with Crippen LogP contribution in [-0.4, -0.2) is 45.2 Å². The van der Waals surface area contributed by atoms with E-state index in [0.717, 1.165) is 19.6 Å². The van der Waals surface area contributed by atoms with Gasteiger partial charge in [0.1, 0.15) is 17.0 Å². The minimum atomic E-state index is -1.24. The molecule has 8 heteroatoms. The lowest BCUT2D eigenvalue weighted by molar-refractivity contribution is 0.0695. The summed E-state index contributed by atoms with van der Waals surface area (Å²) in [5.41, 5.74) is -0.341. The van der Waals surface area contributed by atoms with Gasteiger partial charge in [-0.05, 0) is 6.92 Å². The number of carboxylic acid groups (broad SMARTS) is 1. The first kappa shape index (κ1) is 14.6. The predicted octanol–water partition coefficient (Wildman–Crippen LogP) is -0.256. The summed E-state index contributed by atoms with van der Waals surface area (Å²) in [7, 11) is 0. The second-order valence-electron chi connectivity index (χ2n) is 5.14. The highest BCUT2D eigenvalue weighted by Gasteiger charge is 2.20. The largest absolute Gasteiger partial charge is 0.477 e. The van der Waals surface area contributed by atoms with Gasteiger partial charge in [-0.25, -0.2) is 14.8 Å². The number of rotatable bonds is 3. The van der Waals surface area contributed by atoms with E-state index in [1.165, 1.54) is 12.4 Å². The van der Waals surface area contributed by atoms with E-state index in [9.17, 15) is 9.59 Å². The van der Waals surface area contributed by atoms with Crippen LogP contribution in [0.25, 0.3) is 11.0 Å². The molecule has 0 bridgehead atoms. The van der Waals surface area contributed by atoms with Crippen molar-refractivity contribution in [2.24, 2.45) is 0 Å². The summed E-state index contributed by atoms with van der Waals surface area (Å²) < 4.78 is 1.67. The number of aromatic carboxylic acids is 1. The van der Waals surface area contributed by atoms with E-state index >= 15 is 0 Å². The maximum Gasteiger partial charge on any atom is 0.341 e. The molecule has 0 amide bonds. The third-order valence-corrected chi connectivity index (χ3v) is 3.76. The molecule has 8 nitrogen and oxygen atoms in total. The van der Waals surface area contributed by atoms with Crippen LogP contribution < -0.4 is 16.1 Å². The third kappa shape index (κ3) is 2.46. The molecule has 1 unspecified atom stereocenters. The summed E-state index contributed by atoms with van der Waals surface area (Å²) in [4.78, 5) is 32.1. The van der Waals surface area contributed by atoms with Crippen molar-refractivity contribution in [2.45, 2.75) is 19.5 Å². The Morgan fingerprint density at radius 3 is 2.95 bits per heavy atom. The van der Waals surface area contributed by atoms with Crippen LogP contribution in [0.5, 0.6) is 0 Å². The van der Waals surface area contributed by atoms with Gasteiger partial charge in [0.15, 0.2) is 0 Å². The van der Waals surface area contributed by atoms with Gasteiger partial charge in [0.2, 0.25) is 5.43 Å². The number of carboxylic acids is 1. The van der Waals surface area contributed by atoms with Crippen molar-refractivity contribution in [3.05, 3.63) is 34.0 Å². The molecule has 0 saturated carbocycles. The third-order valence-electron chi connectivity index (χ3n) is 3.76. The van der Waals surface area contributed by atoms with Crippen molar-refractivity contribution in [2.75, 3.05) is 19.6 Å².